The third-order valence-corrected chi connectivity index (χ3v) is 6.96. The van der Waals surface area contributed by atoms with Gasteiger partial charge in [0.25, 0.3) is 0 Å². The minimum Gasteiger partial charge on any atom is -0.354 e. The molecule has 0 aromatic carbocycles. The van der Waals surface area contributed by atoms with Crippen LogP contribution in [0.4, 0.5) is 5.82 Å². The van der Waals surface area contributed by atoms with Gasteiger partial charge in [-0.25, -0.2) is 4.98 Å². The molecular formula is C20H22N6S2. The number of thiazole rings is 1. The SMILES string of the molecule is CC(C)c1csc(C2CCCN(c3ccc4nnc(-c5ccsc5)n4n3)C2)n1. The molecule has 144 valence electrons. The van der Waals surface area contributed by atoms with Gasteiger partial charge in [0, 0.05) is 35.3 Å². The average Bonchev–Trinajstić information content (AvgIpc) is 3.47. The van der Waals surface area contributed by atoms with E-state index in [0.717, 1.165) is 42.4 Å². The Kier molecular flexibility index (Phi) is 4.60. The van der Waals surface area contributed by atoms with Crippen molar-refractivity contribution >= 4 is 34.1 Å². The Labute approximate surface area is 171 Å². The van der Waals surface area contributed by atoms with E-state index in [-0.39, 0.29) is 0 Å². The van der Waals surface area contributed by atoms with Crippen molar-refractivity contribution in [2.45, 2.75) is 38.5 Å². The van der Waals surface area contributed by atoms with Gasteiger partial charge in [0.15, 0.2) is 11.5 Å². The van der Waals surface area contributed by atoms with Crippen LogP contribution in [-0.2, 0) is 0 Å². The van der Waals surface area contributed by atoms with Crippen molar-refractivity contribution in [2.24, 2.45) is 0 Å². The molecule has 4 aromatic rings. The van der Waals surface area contributed by atoms with Gasteiger partial charge in [0.1, 0.15) is 5.82 Å². The predicted octanol–water partition coefficient (Wildman–Crippen LogP) is 4.82. The van der Waals surface area contributed by atoms with Gasteiger partial charge >= 0.3 is 0 Å². The van der Waals surface area contributed by atoms with Crippen LogP contribution in [0.1, 0.15) is 49.2 Å². The van der Waals surface area contributed by atoms with Crippen LogP contribution < -0.4 is 4.90 Å². The van der Waals surface area contributed by atoms with Crippen molar-refractivity contribution in [1.29, 1.82) is 0 Å². The van der Waals surface area contributed by atoms with E-state index in [0.29, 0.717) is 11.8 Å². The monoisotopic (exact) mass is 410 g/mol. The zero-order valence-corrected chi connectivity index (χ0v) is 17.6. The highest BCUT2D eigenvalue weighted by Crippen LogP contribution is 2.32. The highest BCUT2D eigenvalue weighted by Gasteiger charge is 2.25. The summed E-state index contributed by atoms with van der Waals surface area (Å²) in [6.45, 7) is 6.39. The number of rotatable bonds is 4. The van der Waals surface area contributed by atoms with E-state index < -0.39 is 0 Å². The second kappa shape index (κ2) is 7.25. The Morgan fingerprint density at radius 2 is 2.07 bits per heavy atom. The zero-order chi connectivity index (χ0) is 19.1. The fourth-order valence-corrected chi connectivity index (χ4v) is 5.40. The number of nitrogens with zero attached hydrogens (tertiary/aromatic N) is 6. The van der Waals surface area contributed by atoms with E-state index in [2.05, 4.69) is 57.2 Å². The van der Waals surface area contributed by atoms with E-state index >= 15 is 0 Å². The first-order chi connectivity index (χ1) is 13.7. The van der Waals surface area contributed by atoms with Crippen LogP contribution in [-0.4, -0.2) is 37.9 Å². The van der Waals surface area contributed by atoms with Crippen molar-refractivity contribution < 1.29 is 0 Å². The summed E-state index contributed by atoms with van der Waals surface area (Å²) in [6, 6.07) is 6.13. The van der Waals surface area contributed by atoms with Gasteiger partial charge < -0.3 is 4.90 Å². The van der Waals surface area contributed by atoms with Crippen LogP contribution in [0.2, 0.25) is 0 Å². The van der Waals surface area contributed by atoms with Crippen LogP contribution in [0.25, 0.3) is 17.0 Å². The maximum absolute atomic E-state index is 4.90. The van der Waals surface area contributed by atoms with Crippen molar-refractivity contribution in [3.8, 4) is 11.4 Å². The van der Waals surface area contributed by atoms with Gasteiger partial charge in [0.2, 0.25) is 0 Å². The van der Waals surface area contributed by atoms with Crippen LogP contribution in [0, 0.1) is 0 Å². The molecule has 28 heavy (non-hydrogen) atoms. The van der Waals surface area contributed by atoms with Crippen LogP contribution in [0.5, 0.6) is 0 Å². The van der Waals surface area contributed by atoms with E-state index in [4.69, 9.17) is 10.1 Å². The Bertz CT molecular complexity index is 1080. The molecule has 5 rings (SSSR count). The van der Waals surface area contributed by atoms with Gasteiger partial charge in [-0.2, -0.15) is 15.9 Å². The molecule has 1 aliphatic heterocycles. The fraction of sp³-hybridized carbons (Fsp3) is 0.400. The average molecular weight is 411 g/mol. The van der Waals surface area contributed by atoms with Crippen molar-refractivity contribution in [3.05, 3.63) is 45.0 Å². The molecule has 4 aromatic heterocycles. The third-order valence-electron chi connectivity index (χ3n) is 5.25. The topological polar surface area (TPSA) is 59.2 Å². The summed E-state index contributed by atoms with van der Waals surface area (Å²) in [5.41, 5.74) is 3.05. The fourth-order valence-electron chi connectivity index (χ4n) is 3.66. The highest BCUT2D eigenvalue weighted by atomic mass is 32.1. The number of hydrogen-bond acceptors (Lipinski definition) is 7. The lowest BCUT2D eigenvalue weighted by Crippen LogP contribution is -2.35. The first-order valence-corrected chi connectivity index (χ1v) is 11.5. The first kappa shape index (κ1) is 17.8. The Morgan fingerprint density at radius 1 is 1.14 bits per heavy atom. The molecule has 1 unspecified atom stereocenters. The molecule has 6 nitrogen and oxygen atoms in total. The molecule has 0 bridgehead atoms. The van der Waals surface area contributed by atoms with E-state index in [1.807, 2.05) is 10.6 Å². The van der Waals surface area contributed by atoms with Crippen LogP contribution in [0.15, 0.2) is 34.3 Å². The lowest BCUT2D eigenvalue weighted by Gasteiger charge is -2.32. The minimum absolute atomic E-state index is 0.473. The highest BCUT2D eigenvalue weighted by molar-refractivity contribution is 7.09. The maximum Gasteiger partial charge on any atom is 0.186 e. The molecule has 5 heterocycles. The van der Waals surface area contributed by atoms with Crippen molar-refractivity contribution in [3.63, 3.8) is 0 Å². The summed E-state index contributed by atoms with van der Waals surface area (Å²) < 4.78 is 1.86. The predicted molar refractivity (Wildman–Crippen MR) is 114 cm³/mol. The third kappa shape index (κ3) is 3.20. The number of hydrogen-bond donors (Lipinski definition) is 0. The molecular weight excluding hydrogens is 388 g/mol. The lowest BCUT2D eigenvalue weighted by atomic mass is 9.98. The number of thiophene rings is 1. The first-order valence-electron chi connectivity index (χ1n) is 9.64. The summed E-state index contributed by atoms with van der Waals surface area (Å²) in [5, 5.41) is 21.1. The maximum atomic E-state index is 4.90. The number of piperidine rings is 1. The summed E-state index contributed by atoms with van der Waals surface area (Å²) in [4.78, 5) is 7.27. The second-order valence-corrected chi connectivity index (χ2v) is 9.22. The molecule has 0 saturated carbocycles. The summed E-state index contributed by atoms with van der Waals surface area (Å²) in [5.74, 6) is 2.74. The standard InChI is InChI=1S/C20H22N6S2/c1-13(2)16-12-28-20(21-16)14-4-3-8-25(10-14)18-6-5-17-22-23-19(26(17)24-18)15-7-9-27-11-15/h5-7,9,11-14H,3-4,8,10H2,1-2H3. The van der Waals surface area contributed by atoms with Crippen molar-refractivity contribution in [1.82, 2.24) is 24.8 Å². The molecule has 1 atom stereocenters. The number of anilines is 1. The minimum atomic E-state index is 0.473. The molecule has 0 aliphatic carbocycles. The largest absolute Gasteiger partial charge is 0.354 e. The van der Waals surface area contributed by atoms with Crippen LogP contribution >= 0.6 is 22.7 Å². The molecule has 1 aliphatic rings. The van der Waals surface area contributed by atoms with Crippen molar-refractivity contribution in [2.75, 3.05) is 18.0 Å². The lowest BCUT2D eigenvalue weighted by molar-refractivity contribution is 0.502. The van der Waals surface area contributed by atoms with Crippen LogP contribution in [0.3, 0.4) is 0 Å². The van der Waals surface area contributed by atoms with Gasteiger partial charge in [0.05, 0.1) is 10.7 Å². The normalized spacial score (nSPS) is 17.7. The summed E-state index contributed by atoms with van der Waals surface area (Å²) in [7, 11) is 0. The molecule has 0 radical (unpaired) electrons. The zero-order valence-electron chi connectivity index (χ0n) is 15.9. The Balaban J connectivity index is 1.43. The second-order valence-electron chi connectivity index (χ2n) is 7.55. The molecule has 8 heteroatoms. The molecule has 0 spiro atoms. The molecule has 0 amide bonds. The van der Waals surface area contributed by atoms with E-state index in [9.17, 15) is 0 Å². The van der Waals surface area contributed by atoms with Gasteiger partial charge in [-0.05, 0) is 42.3 Å². The van der Waals surface area contributed by atoms with E-state index in [1.165, 1.54) is 17.1 Å². The summed E-state index contributed by atoms with van der Waals surface area (Å²) in [6.07, 6.45) is 2.34. The molecule has 1 fully saturated rings. The molecule has 1 saturated heterocycles. The number of fused-ring (bicyclic) bond motifs is 1. The smallest absolute Gasteiger partial charge is 0.186 e. The summed E-state index contributed by atoms with van der Waals surface area (Å²) >= 11 is 3.46. The van der Waals surface area contributed by atoms with E-state index in [1.54, 1.807) is 22.7 Å². The Hall–Kier alpha value is -2.32. The van der Waals surface area contributed by atoms with Gasteiger partial charge in [-0.3, -0.25) is 0 Å². The molecule has 0 N–H and O–H groups in total. The Morgan fingerprint density at radius 3 is 2.86 bits per heavy atom. The number of aromatic nitrogens is 5. The van der Waals surface area contributed by atoms with Gasteiger partial charge in [-0.15, -0.1) is 26.6 Å². The van der Waals surface area contributed by atoms with Gasteiger partial charge in [-0.1, -0.05) is 13.8 Å². The quantitative estimate of drug-likeness (QED) is 0.483.